The SMILES string of the molecule is CC(C)CC(=O)Nc1ccc(NC(=O)CCCC(=O)O)cc1. The molecular weight excluding hydrogens is 284 g/mol. The minimum absolute atomic E-state index is 0.0196. The molecule has 0 radical (unpaired) electrons. The van der Waals surface area contributed by atoms with E-state index in [4.69, 9.17) is 5.11 Å². The standard InChI is InChI=1S/C16H22N2O4/c1-11(2)10-15(20)18-13-8-6-12(7-9-13)17-14(19)4-3-5-16(21)22/h6-9,11H,3-5,10H2,1-2H3,(H,17,19)(H,18,20)(H,21,22). The average molecular weight is 306 g/mol. The van der Waals surface area contributed by atoms with E-state index in [1.807, 2.05) is 13.8 Å². The van der Waals surface area contributed by atoms with Gasteiger partial charge < -0.3 is 15.7 Å². The normalized spacial score (nSPS) is 10.3. The van der Waals surface area contributed by atoms with Crippen molar-refractivity contribution in [2.75, 3.05) is 10.6 Å². The summed E-state index contributed by atoms with van der Waals surface area (Å²) in [7, 11) is 0. The third-order valence-corrected chi connectivity index (χ3v) is 2.84. The van der Waals surface area contributed by atoms with Crippen molar-refractivity contribution >= 4 is 29.2 Å². The van der Waals surface area contributed by atoms with Crippen LogP contribution in [0.3, 0.4) is 0 Å². The van der Waals surface area contributed by atoms with E-state index in [9.17, 15) is 14.4 Å². The lowest BCUT2D eigenvalue weighted by Crippen LogP contribution is -2.14. The Morgan fingerprint density at radius 1 is 0.955 bits per heavy atom. The maximum atomic E-state index is 11.6. The lowest BCUT2D eigenvalue weighted by Gasteiger charge is -2.09. The summed E-state index contributed by atoms with van der Waals surface area (Å²) in [5.41, 5.74) is 1.29. The highest BCUT2D eigenvalue weighted by Gasteiger charge is 2.07. The van der Waals surface area contributed by atoms with Crippen LogP contribution in [-0.2, 0) is 14.4 Å². The quantitative estimate of drug-likeness (QED) is 0.688. The van der Waals surface area contributed by atoms with Crippen molar-refractivity contribution in [3.05, 3.63) is 24.3 Å². The van der Waals surface area contributed by atoms with Crippen molar-refractivity contribution in [1.29, 1.82) is 0 Å². The molecule has 0 aliphatic carbocycles. The monoisotopic (exact) mass is 306 g/mol. The van der Waals surface area contributed by atoms with Crippen LogP contribution in [-0.4, -0.2) is 22.9 Å². The fourth-order valence-corrected chi connectivity index (χ4v) is 1.84. The molecule has 0 bridgehead atoms. The third kappa shape index (κ3) is 7.42. The molecule has 0 fully saturated rings. The van der Waals surface area contributed by atoms with Crippen molar-refractivity contribution in [1.82, 2.24) is 0 Å². The Hall–Kier alpha value is -2.37. The van der Waals surface area contributed by atoms with Crippen LogP contribution < -0.4 is 10.6 Å². The maximum Gasteiger partial charge on any atom is 0.303 e. The second-order valence-corrected chi connectivity index (χ2v) is 5.52. The van der Waals surface area contributed by atoms with E-state index in [-0.39, 0.29) is 24.7 Å². The van der Waals surface area contributed by atoms with E-state index < -0.39 is 5.97 Å². The van der Waals surface area contributed by atoms with Gasteiger partial charge in [0.15, 0.2) is 0 Å². The summed E-state index contributed by atoms with van der Waals surface area (Å²) in [6.45, 7) is 3.95. The van der Waals surface area contributed by atoms with Crippen LogP contribution in [0.15, 0.2) is 24.3 Å². The van der Waals surface area contributed by atoms with Gasteiger partial charge in [0.1, 0.15) is 0 Å². The summed E-state index contributed by atoms with van der Waals surface area (Å²) in [6.07, 6.45) is 0.917. The summed E-state index contributed by atoms with van der Waals surface area (Å²) in [5.74, 6) is -0.878. The van der Waals surface area contributed by atoms with Gasteiger partial charge in [-0.3, -0.25) is 14.4 Å². The van der Waals surface area contributed by atoms with Gasteiger partial charge in [-0.25, -0.2) is 0 Å². The summed E-state index contributed by atoms with van der Waals surface area (Å²) in [4.78, 5) is 33.6. The topological polar surface area (TPSA) is 95.5 Å². The Morgan fingerprint density at radius 3 is 1.91 bits per heavy atom. The number of hydrogen-bond acceptors (Lipinski definition) is 3. The number of anilines is 2. The summed E-state index contributed by atoms with van der Waals surface area (Å²) in [6, 6.07) is 6.82. The lowest BCUT2D eigenvalue weighted by molar-refractivity contribution is -0.137. The highest BCUT2D eigenvalue weighted by atomic mass is 16.4. The zero-order chi connectivity index (χ0) is 16.5. The highest BCUT2D eigenvalue weighted by Crippen LogP contribution is 2.15. The first-order chi connectivity index (χ1) is 10.4. The Kier molecular flexibility index (Phi) is 7.08. The van der Waals surface area contributed by atoms with Crippen molar-refractivity contribution in [2.24, 2.45) is 5.92 Å². The van der Waals surface area contributed by atoms with E-state index in [0.29, 0.717) is 30.1 Å². The van der Waals surface area contributed by atoms with Crippen molar-refractivity contribution in [3.63, 3.8) is 0 Å². The molecule has 0 heterocycles. The first-order valence-electron chi connectivity index (χ1n) is 7.28. The van der Waals surface area contributed by atoms with Gasteiger partial charge in [-0.2, -0.15) is 0 Å². The predicted molar refractivity (Wildman–Crippen MR) is 84.6 cm³/mol. The molecule has 6 nitrogen and oxygen atoms in total. The fourth-order valence-electron chi connectivity index (χ4n) is 1.84. The second-order valence-electron chi connectivity index (χ2n) is 5.52. The minimum Gasteiger partial charge on any atom is -0.481 e. The van der Waals surface area contributed by atoms with Gasteiger partial charge in [-0.15, -0.1) is 0 Å². The second kappa shape index (κ2) is 8.81. The van der Waals surface area contributed by atoms with Crippen LogP contribution in [0.2, 0.25) is 0 Å². The Morgan fingerprint density at radius 2 is 1.45 bits per heavy atom. The molecule has 2 amide bonds. The van der Waals surface area contributed by atoms with E-state index in [0.717, 1.165) is 0 Å². The van der Waals surface area contributed by atoms with E-state index in [2.05, 4.69) is 10.6 Å². The number of carboxylic acids is 1. The van der Waals surface area contributed by atoms with Crippen LogP contribution >= 0.6 is 0 Å². The van der Waals surface area contributed by atoms with Gasteiger partial charge in [0.05, 0.1) is 0 Å². The van der Waals surface area contributed by atoms with Crippen LogP contribution in [0, 0.1) is 5.92 Å². The minimum atomic E-state index is -0.908. The fraction of sp³-hybridized carbons (Fsp3) is 0.438. The molecule has 0 saturated heterocycles. The van der Waals surface area contributed by atoms with Gasteiger partial charge in [-0.1, -0.05) is 13.8 Å². The van der Waals surface area contributed by atoms with E-state index in [1.54, 1.807) is 24.3 Å². The maximum absolute atomic E-state index is 11.6. The Balaban J connectivity index is 2.42. The molecule has 6 heteroatoms. The summed E-state index contributed by atoms with van der Waals surface area (Å²) < 4.78 is 0. The molecule has 1 aromatic rings. The summed E-state index contributed by atoms with van der Waals surface area (Å²) >= 11 is 0. The number of benzene rings is 1. The smallest absolute Gasteiger partial charge is 0.303 e. The zero-order valence-electron chi connectivity index (χ0n) is 12.9. The van der Waals surface area contributed by atoms with Crippen LogP contribution in [0.4, 0.5) is 11.4 Å². The van der Waals surface area contributed by atoms with Gasteiger partial charge in [0.25, 0.3) is 0 Å². The van der Waals surface area contributed by atoms with Gasteiger partial charge in [0.2, 0.25) is 11.8 Å². The van der Waals surface area contributed by atoms with Gasteiger partial charge >= 0.3 is 5.97 Å². The average Bonchev–Trinajstić information content (AvgIpc) is 2.39. The Labute approximate surface area is 129 Å². The highest BCUT2D eigenvalue weighted by molar-refractivity contribution is 5.93. The zero-order valence-corrected chi connectivity index (χ0v) is 12.9. The summed E-state index contributed by atoms with van der Waals surface area (Å²) in [5, 5.41) is 14.0. The number of hydrogen-bond donors (Lipinski definition) is 3. The number of nitrogens with one attached hydrogen (secondary N) is 2. The van der Waals surface area contributed by atoms with Crippen LogP contribution in [0.1, 0.15) is 39.5 Å². The van der Waals surface area contributed by atoms with Crippen LogP contribution in [0.25, 0.3) is 0 Å². The molecule has 0 unspecified atom stereocenters. The number of aliphatic carboxylic acids is 1. The van der Waals surface area contributed by atoms with Gasteiger partial charge in [-0.05, 0) is 36.6 Å². The predicted octanol–water partition coefficient (Wildman–Crippen LogP) is 2.86. The van der Waals surface area contributed by atoms with Crippen LogP contribution in [0.5, 0.6) is 0 Å². The van der Waals surface area contributed by atoms with Crippen molar-refractivity contribution in [2.45, 2.75) is 39.5 Å². The molecule has 0 spiro atoms. The van der Waals surface area contributed by atoms with E-state index >= 15 is 0 Å². The molecule has 3 N–H and O–H groups in total. The number of carbonyl (C=O) groups is 3. The number of amides is 2. The van der Waals surface area contributed by atoms with Gasteiger partial charge in [0, 0.05) is 30.6 Å². The molecule has 0 atom stereocenters. The lowest BCUT2D eigenvalue weighted by atomic mass is 10.1. The molecular formula is C16H22N2O4. The van der Waals surface area contributed by atoms with Crippen molar-refractivity contribution < 1.29 is 19.5 Å². The largest absolute Gasteiger partial charge is 0.481 e. The molecule has 1 aromatic carbocycles. The van der Waals surface area contributed by atoms with E-state index in [1.165, 1.54) is 0 Å². The molecule has 0 aliphatic heterocycles. The molecule has 0 aromatic heterocycles. The molecule has 0 aliphatic rings. The third-order valence-electron chi connectivity index (χ3n) is 2.84. The first-order valence-corrected chi connectivity index (χ1v) is 7.28. The number of rotatable bonds is 8. The number of carbonyl (C=O) groups excluding carboxylic acids is 2. The Bertz CT molecular complexity index is 523. The molecule has 22 heavy (non-hydrogen) atoms. The van der Waals surface area contributed by atoms with Crippen molar-refractivity contribution in [3.8, 4) is 0 Å². The molecule has 120 valence electrons. The number of carboxylic acid groups (broad SMARTS) is 1. The molecule has 0 saturated carbocycles. The first kappa shape index (κ1) is 17.7. The molecule has 1 rings (SSSR count).